The second-order valence-electron chi connectivity index (χ2n) is 7.98. The molecule has 0 fully saturated rings. The van der Waals surface area contributed by atoms with Gasteiger partial charge < -0.3 is 14.8 Å². The van der Waals surface area contributed by atoms with Crippen molar-refractivity contribution in [2.45, 2.75) is 19.0 Å². The Bertz CT molecular complexity index is 1300. The second kappa shape index (κ2) is 11.3. The number of nitrogens with one attached hydrogen (secondary N) is 1. The third-order valence-electron chi connectivity index (χ3n) is 5.66. The summed E-state index contributed by atoms with van der Waals surface area (Å²) in [5.41, 5.74) is 0.142. The van der Waals surface area contributed by atoms with Gasteiger partial charge in [-0.05, 0) is 66.6 Å². The summed E-state index contributed by atoms with van der Waals surface area (Å²) in [5.74, 6) is -0.726. The van der Waals surface area contributed by atoms with E-state index < -0.39 is 24.0 Å². The van der Waals surface area contributed by atoms with E-state index in [0.717, 1.165) is 9.48 Å². The molecule has 3 aromatic rings. The van der Waals surface area contributed by atoms with Crippen LogP contribution in [0.3, 0.4) is 0 Å². The molecule has 1 atom stereocenters. The van der Waals surface area contributed by atoms with Gasteiger partial charge in [0.2, 0.25) is 0 Å². The first-order valence-electron chi connectivity index (χ1n) is 11.1. The fraction of sp³-hybridized carbons (Fsp3) is 0.192. The minimum atomic E-state index is -3.00. The van der Waals surface area contributed by atoms with E-state index in [9.17, 15) is 18.4 Å². The molecule has 7 nitrogen and oxygen atoms in total. The Labute approximate surface area is 225 Å². The standard InChI is InChI=1S/C26H21BrClF2N3O4/c1-2-36-23(34)26(17-5-13-21(14-6-17)37-24(29)30)15-33(25(35)31-20-11-7-18(27)8-12-20)32-22(26)16-3-9-19(28)10-4-16/h3-14,24H,2,15H2,1H3,(H,31,35). The number of alkyl halides is 2. The Morgan fingerprint density at radius 1 is 1.08 bits per heavy atom. The summed E-state index contributed by atoms with van der Waals surface area (Å²) in [6, 6.07) is 18.6. The Balaban J connectivity index is 1.79. The van der Waals surface area contributed by atoms with Crippen LogP contribution in [0.4, 0.5) is 19.3 Å². The number of anilines is 1. The third-order valence-corrected chi connectivity index (χ3v) is 6.44. The molecule has 1 N–H and O–H groups in total. The molecule has 0 saturated carbocycles. The number of ether oxygens (including phenoxy) is 2. The van der Waals surface area contributed by atoms with Crippen molar-refractivity contribution in [1.82, 2.24) is 5.01 Å². The number of hydrogen-bond donors (Lipinski definition) is 1. The number of carbonyl (C=O) groups is 2. The van der Waals surface area contributed by atoms with Gasteiger partial charge in [-0.2, -0.15) is 13.9 Å². The van der Waals surface area contributed by atoms with Gasteiger partial charge in [-0.3, -0.25) is 4.79 Å². The zero-order valence-corrected chi connectivity index (χ0v) is 21.8. The molecule has 3 aromatic carbocycles. The highest BCUT2D eigenvalue weighted by Gasteiger charge is 2.53. The van der Waals surface area contributed by atoms with Crippen LogP contribution in [-0.4, -0.2) is 42.5 Å². The SMILES string of the molecule is CCOC(=O)C1(c2ccc(OC(F)F)cc2)CN(C(=O)Nc2ccc(Br)cc2)N=C1c1ccc(Cl)cc1. The number of esters is 1. The first-order valence-corrected chi connectivity index (χ1v) is 12.3. The molecule has 37 heavy (non-hydrogen) atoms. The van der Waals surface area contributed by atoms with E-state index in [4.69, 9.17) is 16.3 Å². The molecule has 1 heterocycles. The summed E-state index contributed by atoms with van der Waals surface area (Å²) in [7, 11) is 0. The van der Waals surface area contributed by atoms with E-state index in [0.29, 0.717) is 21.8 Å². The lowest BCUT2D eigenvalue weighted by Gasteiger charge is -2.29. The summed E-state index contributed by atoms with van der Waals surface area (Å²) in [6.45, 7) is -1.45. The molecule has 1 aliphatic heterocycles. The fourth-order valence-electron chi connectivity index (χ4n) is 3.97. The van der Waals surface area contributed by atoms with E-state index in [1.165, 1.54) is 24.3 Å². The maximum atomic E-state index is 13.6. The summed E-state index contributed by atoms with van der Waals surface area (Å²) in [5, 5.41) is 8.92. The Morgan fingerprint density at radius 3 is 2.32 bits per heavy atom. The number of rotatable bonds is 7. The smallest absolute Gasteiger partial charge is 0.387 e. The fourth-order valence-corrected chi connectivity index (χ4v) is 4.36. The molecule has 0 radical (unpaired) electrons. The normalized spacial score (nSPS) is 16.9. The van der Waals surface area contributed by atoms with Gasteiger partial charge in [-0.25, -0.2) is 9.80 Å². The van der Waals surface area contributed by atoms with Gasteiger partial charge >= 0.3 is 18.6 Å². The van der Waals surface area contributed by atoms with Gasteiger partial charge in [0.25, 0.3) is 0 Å². The van der Waals surface area contributed by atoms with Crippen molar-refractivity contribution in [2.24, 2.45) is 5.10 Å². The number of hydrogen-bond acceptors (Lipinski definition) is 5. The maximum absolute atomic E-state index is 13.6. The number of amides is 2. The van der Waals surface area contributed by atoms with Crippen LogP contribution in [0, 0.1) is 0 Å². The lowest BCUT2D eigenvalue weighted by molar-refractivity contribution is -0.147. The van der Waals surface area contributed by atoms with Crippen molar-refractivity contribution in [3.63, 3.8) is 0 Å². The Kier molecular flexibility index (Phi) is 8.09. The van der Waals surface area contributed by atoms with Crippen LogP contribution in [0.5, 0.6) is 5.75 Å². The molecule has 1 aliphatic rings. The van der Waals surface area contributed by atoms with Gasteiger partial charge in [0, 0.05) is 15.2 Å². The zero-order valence-electron chi connectivity index (χ0n) is 19.5. The van der Waals surface area contributed by atoms with E-state index >= 15 is 0 Å². The lowest BCUT2D eigenvalue weighted by atomic mass is 9.74. The lowest BCUT2D eigenvalue weighted by Crippen LogP contribution is -2.48. The largest absolute Gasteiger partial charge is 0.465 e. The van der Waals surface area contributed by atoms with Crippen LogP contribution in [0.25, 0.3) is 0 Å². The Hall–Kier alpha value is -3.50. The highest BCUT2D eigenvalue weighted by molar-refractivity contribution is 9.10. The van der Waals surface area contributed by atoms with E-state index in [-0.39, 0.29) is 24.6 Å². The predicted octanol–water partition coefficient (Wildman–Crippen LogP) is 6.46. The maximum Gasteiger partial charge on any atom is 0.387 e. The number of nitrogens with zero attached hydrogens (tertiary/aromatic N) is 2. The van der Waals surface area contributed by atoms with Crippen molar-refractivity contribution in [3.05, 3.63) is 93.4 Å². The molecule has 4 rings (SSSR count). The minimum absolute atomic E-state index is 0.0755. The van der Waals surface area contributed by atoms with Crippen molar-refractivity contribution in [2.75, 3.05) is 18.5 Å². The second-order valence-corrected chi connectivity index (χ2v) is 9.33. The van der Waals surface area contributed by atoms with Crippen LogP contribution >= 0.6 is 27.5 Å². The number of urea groups is 1. The van der Waals surface area contributed by atoms with Crippen LogP contribution in [0.15, 0.2) is 82.4 Å². The molecule has 192 valence electrons. The molecular formula is C26H21BrClF2N3O4. The van der Waals surface area contributed by atoms with Crippen LogP contribution in [0.2, 0.25) is 5.02 Å². The van der Waals surface area contributed by atoms with Crippen LogP contribution in [-0.2, 0) is 14.9 Å². The summed E-state index contributed by atoms with van der Waals surface area (Å²) < 4.78 is 36.2. The number of hydrazone groups is 1. The zero-order chi connectivity index (χ0) is 26.6. The van der Waals surface area contributed by atoms with Crippen LogP contribution < -0.4 is 10.1 Å². The minimum Gasteiger partial charge on any atom is -0.465 e. The molecule has 2 amide bonds. The van der Waals surface area contributed by atoms with Crippen molar-refractivity contribution >= 4 is 50.9 Å². The summed E-state index contributed by atoms with van der Waals surface area (Å²) >= 11 is 9.42. The first kappa shape index (κ1) is 26.6. The molecule has 1 unspecified atom stereocenters. The number of halogens is 4. The predicted molar refractivity (Wildman–Crippen MR) is 139 cm³/mol. The van der Waals surface area contributed by atoms with Gasteiger partial charge in [0.1, 0.15) is 5.75 Å². The highest BCUT2D eigenvalue weighted by atomic mass is 79.9. The monoisotopic (exact) mass is 591 g/mol. The van der Waals surface area contributed by atoms with E-state index in [1.54, 1.807) is 55.5 Å². The molecule has 0 spiro atoms. The highest BCUT2D eigenvalue weighted by Crippen LogP contribution is 2.38. The number of benzene rings is 3. The van der Waals surface area contributed by atoms with Crippen molar-refractivity contribution in [3.8, 4) is 5.75 Å². The average Bonchev–Trinajstić information content (AvgIpc) is 3.28. The van der Waals surface area contributed by atoms with Gasteiger partial charge in [-0.1, -0.05) is 51.8 Å². The summed E-state index contributed by atoms with van der Waals surface area (Å²) in [4.78, 5) is 26.8. The molecule has 0 saturated heterocycles. The molecule has 0 bridgehead atoms. The third kappa shape index (κ3) is 5.75. The Morgan fingerprint density at radius 2 is 1.73 bits per heavy atom. The molecular weight excluding hydrogens is 572 g/mol. The van der Waals surface area contributed by atoms with Crippen molar-refractivity contribution in [1.29, 1.82) is 0 Å². The van der Waals surface area contributed by atoms with E-state index in [1.807, 2.05) is 0 Å². The van der Waals surface area contributed by atoms with E-state index in [2.05, 4.69) is 31.1 Å². The first-order chi connectivity index (χ1) is 17.7. The number of carbonyl (C=O) groups excluding carboxylic acids is 2. The topological polar surface area (TPSA) is 80.2 Å². The van der Waals surface area contributed by atoms with Gasteiger partial charge in [-0.15, -0.1) is 0 Å². The molecule has 0 aromatic heterocycles. The van der Waals surface area contributed by atoms with Gasteiger partial charge in [0.15, 0.2) is 5.41 Å². The average molecular weight is 593 g/mol. The van der Waals surface area contributed by atoms with Crippen LogP contribution in [0.1, 0.15) is 18.1 Å². The quantitative estimate of drug-likeness (QED) is 0.320. The molecule has 0 aliphatic carbocycles. The summed E-state index contributed by atoms with van der Waals surface area (Å²) in [6.07, 6.45) is 0. The van der Waals surface area contributed by atoms with Crippen molar-refractivity contribution < 1.29 is 27.8 Å². The molecule has 11 heteroatoms. The van der Waals surface area contributed by atoms with Gasteiger partial charge in [0.05, 0.1) is 18.9 Å².